The predicted octanol–water partition coefficient (Wildman–Crippen LogP) is 2.86. The van der Waals surface area contributed by atoms with E-state index in [0.29, 0.717) is 19.6 Å². The highest BCUT2D eigenvalue weighted by Gasteiger charge is 2.09. The molecule has 19 heavy (non-hydrogen) atoms. The molecule has 0 fully saturated rings. The van der Waals surface area contributed by atoms with Crippen molar-refractivity contribution >= 4 is 16.9 Å². The van der Waals surface area contributed by atoms with Gasteiger partial charge in [0.15, 0.2) is 0 Å². The van der Waals surface area contributed by atoms with Gasteiger partial charge < -0.3 is 14.4 Å². The molecule has 2 rings (SSSR count). The zero-order valence-electron chi connectivity index (χ0n) is 11.3. The van der Waals surface area contributed by atoms with Crippen molar-refractivity contribution in [2.45, 2.75) is 33.2 Å². The van der Waals surface area contributed by atoms with Gasteiger partial charge in [0.2, 0.25) is 0 Å². The minimum Gasteiger partial charge on any atom is -0.508 e. The van der Waals surface area contributed by atoms with Crippen molar-refractivity contribution in [2.24, 2.45) is 0 Å². The second-order valence-electron chi connectivity index (χ2n) is 4.46. The molecular weight excluding hydrogens is 242 g/mol. The Balaban J connectivity index is 2.26. The maximum Gasteiger partial charge on any atom is 0.307 e. The molecule has 1 aromatic carbocycles. The number of rotatable bonds is 5. The highest BCUT2D eigenvalue weighted by Crippen LogP contribution is 2.26. The molecule has 0 radical (unpaired) electrons. The Kier molecular flexibility index (Phi) is 4.10. The number of benzene rings is 1. The smallest absolute Gasteiger partial charge is 0.307 e. The average Bonchev–Trinajstić information content (AvgIpc) is 2.78. The van der Waals surface area contributed by atoms with Crippen molar-refractivity contribution in [2.75, 3.05) is 6.61 Å². The van der Waals surface area contributed by atoms with E-state index in [9.17, 15) is 9.90 Å². The lowest BCUT2D eigenvalue weighted by Gasteiger charge is -2.09. The van der Waals surface area contributed by atoms with Crippen LogP contribution in [0.1, 0.15) is 25.8 Å². The molecule has 0 saturated carbocycles. The maximum atomic E-state index is 11.4. The number of phenolic OH excluding ortho intramolecular Hbond substituents is 1. The van der Waals surface area contributed by atoms with Gasteiger partial charge in [-0.05, 0) is 37.1 Å². The highest BCUT2D eigenvalue weighted by molar-refractivity contribution is 5.85. The second kappa shape index (κ2) is 5.78. The molecule has 2 aromatic rings. The van der Waals surface area contributed by atoms with E-state index in [1.54, 1.807) is 19.1 Å². The molecule has 1 heterocycles. The van der Waals surface area contributed by atoms with Crippen LogP contribution in [-0.4, -0.2) is 22.2 Å². The van der Waals surface area contributed by atoms with E-state index in [4.69, 9.17) is 4.74 Å². The van der Waals surface area contributed by atoms with Crippen LogP contribution in [0.3, 0.4) is 0 Å². The number of aromatic hydroxyl groups is 1. The van der Waals surface area contributed by atoms with Crippen molar-refractivity contribution < 1.29 is 14.6 Å². The summed E-state index contributed by atoms with van der Waals surface area (Å²) in [5, 5.41) is 10.7. The van der Waals surface area contributed by atoms with Crippen LogP contribution in [0.15, 0.2) is 24.4 Å². The normalized spacial score (nSPS) is 10.8. The molecule has 0 saturated heterocycles. The quantitative estimate of drug-likeness (QED) is 0.842. The molecule has 4 nitrogen and oxygen atoms in total. The molecule has 0 aliphatic carbocycles. The van der Waals surface area contributed by atoms with E-state index in [1.807, 2.05) is 16.8 Å². The highest BCUT2D eigenvalue weighted by atomic mass is 16.5. The van der Waals surface area contributed by atoms with Crippen molar-refractivity contribution in [3.63, 3.8) is 0 Å². The summed E-state index contributed by atoms with van der Waals surface area (Å²) in [5.41, 5.74) is 2.17. The lowest BCUT2D eigenvalue weighted by Crippen LogP contribution is -2.08. The number of ether oxygens (including phenoxy) is 1. The third-order valence-electron chi connectivity index (χ3n) is 3.17. The number of phenols is 1. The van der Waals surface area contributed by atoms with E-state index in [1.165, 1.54) is 0 Å². The summed E-state index contributed by atoms with van der Waals surface area (Å²) in [6.07, 6.45) is 3.15. The van der Waals surface area contributed by atoms with Gasteiger partial charge >= 0.3 is 5.97 Å². The topological polar surface area (TPSA) is 51.5 Å². The Morgan fingerprint density at radius 3 is 2.84 bits per heavy atom. The van der Waals surface area contributed by atoms with E-state index in [-0.39, 0.29) is 11.7 Å². The van der Waals surface area contributed by atoms with Gasteiger partial charge in [-0.3, -0.25) is 4.79 Å². The molecule has 4 heteroatoms. The number of aromatic nitrogens is 1. The number of fused-ring (bicyclic) bond motifs is 1. The number of carbonyl (C=O) groups is 1. The van der Waals surface area contributed by atoms with Gasteiger partial charge in [-0.1, -0.05) is 6.92 Å². The molecule has 0 aliphatic rings. The summed E-state index contributed by atoms with van der Waals surface area (Å²) in [6, 6.07) is 5.48. The van der Waals surface area contributed by atoms with Crippen molar-refractivity contribution in [3.05, 3.63) is 30.0 Å². The van der Waals surface area contributed by atoms with E-state index in [2.05, 4.69) is 6.92 Å². The summed E-state index contributed by atoms with van der Waals surface area (Å²) in [4.78, 5) is 11.4. The molecular formula is C15H19NO3. The van der Waals surface area contributed by atoms with Crippen molar-refractivity contribution in [3.8, 4) is 5.75 Å². The van der Waals surface area contributed by atoms with Gasteiger partial charge in [0.05, 0.1) is 18.5 Å². The summed E-state index contributed by atoms with van der Waals surface area (Å²) in [5.74, 6) is 0.105. The van der Waals surface area contributed by atoms with Crippen molar-refractivity contribution in [1.29, 1.82) is 0 Å². The first-order chi connectivity index (χ1) is 9.15. The third-order valence-corrected chi connectivity index (χ3v) is 3.17. The van der Waals surface area contributed by atoms with Crippen LogP contribution in [0, 0.1) is 0 Å². The second-order valence-corrected chi connectivity index (χ2v) is 4.46. The fourth-order valence-electron chi connectivity index (χ4n) is 2.32. The molecule has 1 N–H and O–H groups in total. The molecule has 0 amide bonds. The molecule has 0 unspecified atom stereocenters. The SMILES string of the molecule is CCOC(=O)CCn1ccc2cc(O)cc(CC)c21. The maximum absolute atomic E-state index is 11.4. The van der Waals surface area contributed by atoms with Gasteiger partial charge in [-0.15, -0.1) is 0 Å². The molecule has 1 aromatic heterocycles. The molecule has 0 bridgehead atoms. The predicted molar refractivity (Wildman–Crippen MR) is 74.2 cm³/mol. The fourth-order valence-corrected chi connectivity index (χ4v) is 2.32. The van der Waals surface area contributed by atoms with E-state index in [0.717, 1.165) is 22.9 Å². The Hall–Kier alpha value is -1.97. The summed E-state index contributed by atoms with van der Waals surface area (Å²) in [7, 11) is 0. The minimum absolute atomic E-state index is 0.179. The molecule has 0 spiro atoms. The average molecular weight is 261 g/mol. The first kappa shape index (κ1) is 13.5. The first-order valence-corrected chi connectivity index (χ1v) is 6.62. The lowest BCUT2D eigenvalue weighted by molar-refractivity contribution is -0.143. The minimum atomic E-state index is -0.179. The van der Waals surface area contributed by atoms with Gasteiger partial charge in [0, 0.05) is 18.1 Å². The first-order valence-electron chi connectivity index (χ1n) is 6.62. The number of hydrogen-bond acceptors (Lipinski definition) is 3. The fraction of sp³-hybridized carbons (Fsp3) is 0.400. The van der Waals surface area contributed by atoms with Crippen LogP contribution in [0.5, 0.6) is 5.75 Å². The molecule has 102 valence electrons. The summed E-state index contributed by atoms with van der Waals surface area (Å²) in [6.45, 7) is 4.87. The van der Waals surface area contributed by atoms with Gasteiger partial charge in [-0.2, -0.15) is 0 Å². The standard InChI is InChI=1S/C15H19NO3/c1-3-11-9-13(17)10-12-5-7-16(15(11)12)8-6-14(18)19-4-2/h5,7,9-10,17H,3-4,6,8H2,1-2H3. The van der Waals surface area contributed by atoms with Crippen LogP contribution in [0.25, 0.3) is 10.9 Å². The largest absolute Gasteiger partial charge is 0.508 e. The zero-order chi connectivity index (χ0) is 13.8. The zero-order valence-corrected chi connectivity index (χ0v) is 11.3. The Labute approximate surface area is 112 Å². The van der Waals surface area contributed by atoms with Crippen LogP contribution in [0.2, 0.25) is 0 Å². The third kappa shape index (κ3) is 2.89. The molecule has 0 atom stereocenters. The number of carbonyl (C=O) groups excluding carboxylic acids is 1. The number of aryl methyl sites for hydroxylation is 2. The van der Waals surface area contributed by atoms with E-state index < -0.39 is 0 Å². The number of hydrogen-bond donors (Lipinski definition) is 1. The Morgan fingerprint density at radius 1 is 1.37 bits per heavy atom. The summed E-state index contributed by atoms with van der Waals surface area (Å²) >= 11 is 0. The Bertz CT molecular complexity index is 586. The van der Waals surface area contributed by atoms with Gasteiger partial charge in [-0.25, -0.2) is 0 Å². The van der Waals surface area contributed by atoms with Crippen LogP contribution < -0.4 is 0 Å². The lowest BCUT2D eigenvalue weighted by atomic mass is 10.1. The Morgan fingerprint density at radius 2 is 2.16 bits per heavy atom. The monoisotopic (exact) mass is 261 g/mol. The number of esters is 1. The van der Waals surface area contributed by atoms with Crippen LogP contribution in [0.4, 0.5) is 0 Å². The van der Waals surface area contributed by atoms with Crippen molar-refractivity contribution in [1.82, 2.24) is 4.57 Å². The molecule has 0 aliphatic heterocycles. The van der Waals surface area contributed by atoms with E-state index >= 15 is 0 Å². The van der Waals surface area contributed by atoms with Gasteiger partial charge in [0.1, 0.15) is 5.75 Å². The van der Waals surface area contributed by atoms with Crippen LogP contribution in [-0.2, 0) is 22.5 Å². The van der Waals surface area contributed by atoms with Gasteiger partial charge in [0.25, 0.3) is 0 Å². The van der Waals surface area contributed by atoms with Crippen LogP contribution >= 0.6 is 0 Å². The number of nitrogens with zero attached hydrogens (tertiary/aromatic N) is 1. The summed E-state index contributed by atoms with van der Waals surface area (Å²) < 4.78 is 6.98.